The highest BCUT2D eigenvalue weighted by atomic mass is 16.3. The van der Waals surface area contributed by atoms with E-state index in [0.29, 0.717) is 0 Å². The van der Waals surface area contributed by atoms with Gasteiger partial charge in [-0.25, -0.2) is 0 Å². The van der Waals surface area contributed by atoms with E-state index in [1.54, 1.807) is 12.3 Å². The van der Waals surface area contributed by atoms with Crippen LogP contribution in [0.4, 0.5) is 0 Å². The Morgan fingerprint density at radius 1 is 1.50 bits per heavy atom. The van der Waals surface area contributed by atoms with Gasteiger partial charge in [-0.2, -0.15) is 0 Å². The van der Waals surface area contributed by atoms with Gasteiger partial charge in [-0.05, 0) is 30.5 Å². The van der Waals surface area contributed by atoms with Crippen molar-refractivity contribution in [3.05, 3.63) is 29.3 Å². The summed E-state index contributed by atoms with van der Waals surface area (Å²) in [6.45, 7) is 4.71. The molecule has 0 radical (unpaired) electrons. The first-order valence-electron chi connectivity index (χ1n) is 5.49. The van der Waals surface area contributed by atoms with Gasteiger partial charge in [0.2, 0.25) is 0 Å². The second kappa shape index (κ2) is 6.05. The zero-order chi connectivity index (χ0) is 12.0. The lowest BCUT2D eigenvalue weighted by Gasteiger charge is -2.08. The SMILES string of the molecule is CCCN=CC(C=N)c1ccc(O)c(C)c1. The Labute approximate surface area is 96.4 Å². The molecule has 0 aromatic heterocycles. The van der Waals surface area contributed by atoms with Gasteiger partial charge in [0, 0.05) is 19.0 Å². The Kier molecular flexibility index (Phi) is 4.70. The third-order valence-corrected chi connectivity index (χ3v) is 2.40. The molecule has 0 saturated carbocycles. The van der Waals surface area contributed by atoms with Gasteiger partial charge in [0.1, 0.15) is 5.75 Å². The van der Waals surface area contributed by atoms with E-state index in [-0.39, 0.29) is 11.7 Å². The summed E-state index contributed by atoms with van der Waals surface area (Å²) in [5, 5.41) is 16.8. The quantitative estimate of drug-likeness (QED) is 0.733. The Morgan fingerprint density at radius 2 is 2.25 bits per heavy atom. The molecule has 1 unspecified atom stereocenters. The maximum absolute atomic E-state index is 9.42. The Hall–Kier alpha value is -1.64. The molecular weight excluding hydrogens is 200 g/mol. The van der Waals surface area contributed by atoms with Crippen molar-refractivity contribution in [2.75, 3.05) is 6.54 Å². The summed E-state index contributed by atoms with van der Waals surface area (Å²) in [7, 11) is 0. The molecule has 0 aliphatic heterocycles. The largest absolute Gasteiger partial charge is 0.508 e. The van der Waals surface area contributed by atoms with E-state index < -0.39 is 0 Å². The number of nitrogens with zero attached hydrogens (tertiary/aromatic N) is 1. The maximum Gasteiger partial charge on any atom is 0.118 e. The molecule has 86 valence electrons. The van der Waals surface area contributed by atoms with Gasteiger partial charge in [-0.3, -0.25) is 4.99 Å². The van der Waals surface area contributed by atoms with Crippen LogP contribution in [0.3, 0.4) is 0 Å². The van der Waals surface area contributed by atoms with Crippen LogP contribution in [-0.4, -0.2) is 24.1 Å². The number of phenols is 1. The first kappa shape index (κ1) is 12.4. The van der Waals surface area contributed by atoms with E-state index in [1.807, 2.05) is 19.1 Å². The number of rotatable bonds is 5. The fraction of sp³-hybridized carbons (Fsp3) is 0.385. The zero-order valence-corrected chi connectivity index (χ0v) is 9.77. The monoisotopic (exact) mass is 218 g/mol. The van der Waals surface area contributed by atoms with E-state index in [9.17, 15) is 5.11 Å². The van der Waals surface area contributed by atoms with E-state index in [0.717, 1.165) is 24.1 Å². The standard InChI is InChI=1S/C13H18N2O/c1-3-6-15-9-12(8-14)11-4-5-13(16)10(2)7-11/h4-5,7-9,12,14,16H,3,6H2,1-2H3. The summed E-state index contributed by atoms with van der Waals surface area (Å²) in [5.41, 5.74) is 1.82. The first-order valence-corrected chi connectivity index (χ1v) is 5.49. The lowest BCUT2D eigenvalue weighted by molar-refractivity contribution is 0.471. The summed E-state index contributed by atoms with van der Waals surface area (Å²) in [6.07, 6.45) is 4.17. The third-order valence-electron chi connectivity index (χ3n) is 2.40. The topological polar surface area (TPSA) is 56.4 Å². The van der Waals surface area contributed by atoms with Gasteiger partial charge in [0.05, 0.1) is 5.92 Å². The third kappa shape index (κ3) is 3.19. The van der Waals surface area contributed by atoms with Crippen LogP contribution in [0, 0.1) is 12.3 Å². The van der Waals surface area contributed by atoms with Gasteiger partial charge in [0.15, 0.2) is 0 Å². The molecule has 0 aliphatic rings. The van der Waals surface area contributed by atoms with Crippen molar-refractivity contribution in [3.63, 3.8) is 0 Å². The van der Waals surface area contributed by atoms with Gasteiger partial charge in [0.25, 0.3) is 0 Å². The number of phenolic OH excluding ortho intramolecular Hbond substituents is 1. The number of hydrogen-bond acceptors (Lipinski definition) is 3. The van der Waals surface area contributed by atoms with Crippen LogP contribution in [0.1, 0.15) is 30.4 Å². The highest BCUT2D eigenvalue weighted by molar-refractivity contribution is 5.89. The number of hydrogen-bond donors (Lipinski definition) is 2. The highest BCUT2D eigenvalue weighted by Gasteiger charge is 2.06. The molecular formula is C13H18N2O. The van der Waals surface area contributed by atoms with Crippen molar-refractivity contribution in [2.45, 2.75) is 26.2 Å². The van der Waals surface area contributed by atoms with Crippen LogP contribution in [-0.2, 0) is 0 Å². The Balaban J connectivity index is 2.86. The number of aliphatic imine (C=N–C) groups is 1. The van der Waals surface area contributed by atoms with E-state index in [4.69, 9.17) is 5.41 Å². The first-order chi connectivity index (χ1) is 7.69. The van der Waals surface area contributed by atoms with Crippen molar-refractivity contribution in [1.29, 1.82) is 5.41 Å². The fourth-order valence-corrected chi connectivity index (χ4v) is 1.43. The van der Waals surface area contributed by atoms with Crippen LogP contribution in [0.2, 0.25) is 0 Å². The Morgan fingerprint density at radius 3 is 2.81 bits per heavy atom. The van der Waals surface area contributed by atoms with E-state index >= 15 is 0 Å². The van der Waals surface area contributed by atoms with Crippen LogP contribution < -0.4 is 0 Å². The molecule has 0 aliphatic carbocycles. The number of nitrogens with one attached hydrogen (secondary N) is 1. The van der Waals surface area contributed by atoms with Crippen molar-refractivity contribution in [3.8, 4) is 5.75 Å². The number of aromatic hydroxyl groups is 1. The van der Waals surface area contributed by atoms with Crippen LogP contribution in [0.5, 0.6) is 5.75 Å². The molecule has 0 fully saturated rings. The molecule has 0 bridgehead atoms. The Bertz CT molecular complexity index is 386. The average molecular weight is 218 g/mol. The molecule has 1 aromatic carbocycles. The van der Waals surface area contributed by atoms with Gasteiger partial charge < -0.3 is 10.5 Å². The lowest BCUT2D eigenvalue weighted by Crippen LogP contribution is -2.02. The molecule has 3 heteroatoms. The predicted octanol–water partition coefficient (Wildman–Crippen LogP) is 2.91. The minimum Gasteiger partial charge on any atom is -0.508 e. The molecule has 1 aromatic rings. The van der Waals surface area contributed by atoms with Crippen molar-refractivity contribution >= 4 is 12.4 Å². The summed E-state index contributed by atoms with van der Waals surface area (Å²) in [6, 6.07) is 5.38. The summed E-state index contributed by atoms with van der Waals surface area (Å²) in [5.74, 6) is 0.198. The maximum atomic E-state index is 9.42. The number of aryl methyl sites for hydroxylation is 1. The molecule has 1 rings (SSSR count). The van der Waals surface area contributed by atoms with Crippen LogP contribution in [0.25, 0.3) is 0 Å². The van der Waals surface area contributed by atoms with E-state index in [2.05, 4.69) is 11.9 Å². The fourth-order valence-electron chi connectivity index (χ4n) is 1.43. The van der Waals surface area contributed by atoms with Gasteiger partial charge >= 0.3 is 0 Å². The second-order valence-electron chi connectivity index (χ2n) is 3.79. The van der Waals surface area contributed by atoms with Crippen molar-refractivity contribution in [1.82, 2.24) is 0 Å². The summed E-state index contributed by atoms with van der Waals surface area (Å²) >= 11 is 0. The second-order valence-corrected chi connectivity index (χ2v) is 3.79. The van der Waals surface area contributed by atoms with Gasteiger partial charge in [-0.15, -0.1) is 0 Å². The minimum absolute atomic E-state index is 0.0918. The van der Waals surface area contributed by atoms with Crippen molar-refractivity contribution in [2.24, 2.45) is 4.99 Å². The van der Waals surface area contributed by atoms with Gasteiger partial charge in [-0.1, -0.05) is 19.1 Å². The van der Waals surface area contributed by atoms with Crippen LogP contribution >= 0.6 is 0 Å². The normalized spacial score (nSPS) is 12.9. The molecule has 1 atom stereocenters. The minimum atomic E-state index is -0.0918. The smallest absolute Gasteiger partial charge is 0.118 e. The highest BCUT2D eigenvalue weighted by Crippen LogP contribution is 2.21. The zero-order valence-electron chi connectivity index (χ0n) is 9.77. The number of benzene rings is 1. The van der Waals surface area contributed by atoms with Crippen molar-refractivity contribution < 1.29 is 5.11 Å². The molecule has 0 saturated heterocycles. The molecule has 0 heterocycles. The average Bonchev–Trinajstić information content (AvgIpc) is 2.29. The van der Waals surface area contributed by atoms with E-state index in [1.165, 1.54) is 6.21 Å². The molecule has 0 amide bonds. The summed E-state index contributed by atoms with van der Waals surface area (Å²) < 4.78 is 0. The molecule has 2 N–H and O–H groups in total. The molecule has 16 heavy (non-hydrogen) atoms. The summed E-state index contributed by atoms with van der Waals surface area (Å²) in [4.78, 5) is 4.25. The lowest BCUT2D eigenvalue weighted by atomic mass is 9.99. The van der Waals surface area contributed by atoms with Crippen LogP contribution in [0.15, 0.2) is 23.2 Å². The predicted molar refractivity (Wildman–Crippen MR) is 68.0 cm³/mol. The molecule has 3 nitrogen and oxygen atoms in total. The molecule has 0 spiro atoms.